The molecule has 0 saturated heterocycles. The molecule has 3 rings (SSSR count). The van der Waals surface area contributed by atoms with Crippen molar-refractivity contribution in [3.05, 3.63) is 36.2 Å². The summed E-state index contributed by atoms with van der Waals surface area (Å²) in [6, 6.07) is 8.00. The Morgan fingerprint density at radius 1 is 1.32 bits per heavy atom. The minimum atomic E-state index is -0.483. The van der Waals surface area contributed by atoms with Crippen LogP contribution >= 0.6 is 0 Å². The Balaban J connectivity index is 2.02. The summed E-state index contributed by atoms with van der Waals surface area (Å²) in [7, 11) is 0. The van der Waals surface area contributed by atoms with Gasteiger partial charge in [0.25, 0.3) is 0 Å². The van der Waals surface area contributed by atoms with E-state index in [1.165, 1.54) is 18.5 Å². The molecule has 1 aliphatic rings. The number of rotatable bonds is 2. The third-order valence-corrected chi connectivity index (χ3v) is 3.48. The highest BCUT2D eigenvalue weighted by molar-refractivity contribution is 5.80. The zero-order valence-corrected chi connectivity index (χ0v) is 11.6. The Morgan fingerprint density at radius 2 is 2.05 bits per heavy atom. The van der Waals surface area contributed by atoms with Crippen LogP contribution in [0.2, 0.25) is 0 Å². The van der Waals surface area contributed by atoms with E-state index in [2.05, 4.69) is 4.40 Å². The van der Waals surface area contributed by atoms with Crippen LogP contribution in [0.3, 0.4) is 0 Å². The summed E-state index contributed by atoms with van der Waals surface area (Å²) in [6.45, 7) is 5.61. The third kappa shape index (κ3) is 2.25. The Bertz CT molecular complexity index is 630. The van der Waals surface area contributed by atoms with Gasteiger partial charge in [-0.1, -0.05) is 6.07 Å². The molecule has 0 aliphatic heterocycles. The molecular weight excluding hydrogens is 238 g/mol. The molecule has 2 heterocycles. The minimum Gasteiger partial charge on any atom is -0.424 e. The van der Waals surface area contributed by atoms with Crippen LogP contribution in [0.15, 0.2) is 30.5 Å². The first-order valence-corrected chi connectivity index (χ1v) is 6.79. The predicted molar refractivity (Wildman–Crippen MR) is 74.5 cm³/mol. The van der Waals surface area contributed by atoms with Crippen LogP contribution in [-0.4, -0.2) is 10.4 Å². The van der Waals surface area contributed by atoms with E-state index in [9.17, 15) is 4.79 Å². The van der Waals surface area contributed by atoms with E-state index in [0.717, 1.165) is 5.52 Å². The van der Waals surface area contributed by atoms with Crippen molar-refractivity contribution in [3.8, 4) is 5.75 Å². The van der Waals surface area contributed by atoms with Crippen molar-refractivity contribution in [2.24, 2.45) is 5.41 Å². The molecule has 3 nitrogen and oxygen atoms in total. The van der Waals surface area contributed by atoms with Crippen molar-refractivity contribution in [1.29, 1.82) is 0 Å². The summed E-state index contributed by atoms with van der Waals surface area (Å²) >= 11 is 0. The number of hydrogen-bond acceptors (Lipinski definition) is 2. The fourth-order valence-electron chi connectivity index (χ4n) is 2.18. The van der Waals surface area contributed by atoms with E-state index < -0.39 is 5.41 Å². The van der Waals surface area contributed by atoms with Gasteiger partial charge in [-0.2, -0.15) is 0 Å². The van der Waals surface area contributed by atoms with Gasteiger partial charge in [-0.15, -0.1) is 0 Å². The first-order chi connectivity index (χ1) is 8.97. The fraction of sp³-hybridized carbons (Fsp3) is 0.438. The number of aromatic nitrogens is 1. The SMILES string of the molecule is CC(C)(C)C(=O)Oc1cc(C2CC2)n2ccccc12. The summed E-state index contributed by atoms with van der Waals surface area (Å²) in [5.41, 5.74) is 1.75. The van der Waals surface area contributed by atoms with Gasteiger partial charge in [-0.3, -0.25) is 4.79 Å². The van der Waals surface area contributed by atoms with E-state index in [1.54, 1.807) is 0 Å². The lowest BCUT2D eigenvalue weighted by Gasteiger charge is -2.15. The summed E-state index contributed by atoms with van der Waals surface area (Å²) in [4.78, 5) is 12.0. The summed E-state index contributed by atoms with van der Waals surface area (Å²) in [6.07, 6.45) is 4.50. The maximum Gasteiger partial charge on any atom is 0.316 e. The number of esters is 1. The molecule has 0 amide bonds. The molecule has 0 radical (unpaired) electrons. The molecule has 0 aromatic carbocycles. The molecule has 0 N–H and O–H groups in total. The number of carbonyl (C=O) groups excluding carboxylic acids is 1. The number of fused-ring (bicyclic) bond motifs is 1. The predicted octanol–water partition coefficient (Wildman–Crippen LogP) is 3.77. The van der Waals surface area contributed by atoms with Gasteiger partial charge < -0.3 is 9.14 Å². The monoisotopic (exact) mass is 257 g/mol. The van der Waals surface area contributed by atoms with Gasteiger partial charge in [0.1, 0.15) is 0 Å². The number of pyridine rings is 1. The van der Waals surface area contributed by atoms with Gasteiger partial charge >= 0.3 is 5.97 Å². The topological polar surface area (TPSA) is 30.7 Å². The molecule has 0 unspecified atom stereocenters. The van der Waals surface area contributed by atoms with E-state index >= 15 is 0 Å². The molecule has 3 heteroatoms. The average molecular weight is 257 g/mol. The van der Waals surface area contributed by atoms with Crippen molar-refractivity contribution in [1.82, 2.24) is 4.40 Å². The minimum absolute atomic E-state index is 0.189. The van der Waals surface area contributed by atoms with Crippen LogP contribution in [0.4, 0.5) is 0 Å². The van der Waals surface area contributed by atoms with Gasteiger partial charge in [-0.25, -0.2) is 0 Å². The Labute approximate surface area is 113 Å². The summed E-state index contributed by atoms with van der Waals surface area (Å²) in [5.74, 6) is 1.12. The van der Waals surface area contributed by atoms with Crippen LogP contribution in [-0.2, 0) is 4.79 Å². The van der Waals surface area contributed by atoms with E-state index in [-0.39, 0.29) is 5.97 Å². The number of ether oxygens (including phenoxy) is 1. The molecule has 2 aromatic heterocycles. The molecule has 0 atom stereocenters. The molecule has 1 fully saturated rings. The van der Waals surface area contributed by atoms with Crippen LogP contribution in [0, 0.1) is 5.41 Å². The number of carbonyl (C=O) groups is 1. The lowest BCUT2D eigenvalue weighted by atomic mass is 9.97. The van der Waals surface area contributed by atoms with E-state index in [0.29, 0.717) is 11.7 Å². The summed E-state index contributed by atoms with van der Waals surface area (Å²) < 4.78 is 7.73. The Kier molecular flexibility index (Phi) is 2.66. The van der Waals surface area contributed by atoms with Crippen molar-refractivity contribution >= 4 is 11.5 Å². The first kappa shape index (κ1) is 12.3. The maximum atomic E-state index is 12.0. The van der Waals surface area contributed by atoms with Gasteiger partial charge in [-0.05, 0) is 51.7 Å². The number of nitrogens with zero attached hydrogens (tertiary/aromatic N) is 1. The second-order valence-corrected chi connectivity index (χ2v) is 6.30. The largest absolute Gasteiger partial charge is 0.424 e. The smallest absolute Gasteiger partial charge is 0.316 e. The number of hydrogen-bond donors (Lipinski definition) is 0. The fourth-order valence-corrected chi connectivity index (χ4v) is 2.18. The molecule has 0 bridgehead atoms. The molecule has 0 spiro atoms. The zero-order valence-electron chi connectivity index (χ0n) is 11.6. The lowest BCUT2D eigenvalue weighted by molar-refractivity contribution is -0.142. The lowest BCUT2D eigenvalue weighted by Crippen LogP contribution is -2.25. The second-order valence-electron chi connectivity index (χ2n) is 6.30. The van der Waals surface area contributed by atoms with Crippen LogP contribution in [0.5, 0.6) is 5.75 Å². The van der Waals surface area contributed by atoms with Crippen molar-refractivity contribution in [3.63, 3.8) is 0 Å². The van der Waals surface area contributed by atoms with Crippen LogP contribution in [0.25, 0.3) is 5.52 Å². The average Bonchev–Trinajstić information content (AvgIpc) is 3.13. The van der Waals surface area contributed by atoms with Crippen molar-refractivity contribution in [2.75, 3.05) is 0 Å². The quantitative estimate of drug-likeness (QED) is 0.767. The molecule has 100 valence electrons. The second kappa shape index (κ2) is 4.12. The van der Waals surface area contributed by atoms with Crippen molar-refractivity contribution in [2.45, 2.75) is 39.5 Å². The maximum absolute atomic E-state index is 12.0. The van der Waals surface area contributed by atoms with Gasteiger partial charge in [0.05, 0.1) is 10.9 Å². The van der Waals surface area contributed by atoms with Gasteiger partial charge in [0.15, 0.2) is 5.75 Å². The van der Waals surface area contributed by atoms with Gasteiger partial charge in [0.2, 0.25) is 0 Å². The molecular formula is C16H19NO2. The van der Waals surface area contributed by atoms with E-state index in [1.807, 2.05) is 51.2 Å². The molecule has 19 heavy (non-hydrogen) atoms. The standard InChI is InChI=1S/C16H19NO2/c1-16(2,3)15(18)19-14-10-13(11-7-8-11)17-9-5-4-6-12(14)17/h4-6,9-11H,7-8H2,1-3H3. The van der Waals surface area contributed by atoms with Crippen LogP contribution in [0.1, 0.15) is 45.2 Å². The zero-order chi connectivity index (χ0) is 13.6. The molecule has 2 aromatic rings. The Hall–Kier alpha value is -1.77. The van der Waals surface area contributed by atoms with Gasteiger partial charge in [0, 0.05) is 18.0 Å². The molecule has 1 aliphatic carbocycles. The van der Waals surface area contributed by atoms with Crippen LogP contribution < -0.4 is 4.74 Å². The highest BCUT2D eigenvalue weighted by atomic mass is 16.5. The highest BCUT2D eigenvalue weighted by Gasteiger charge is 2.30. The molecule has 1 saturated carbocycles. The third-order valence-electron chi connectivity index (χ3n) is 3.48. The summed E-state index contributed by atoms with van der Waals surface area (Å²) in [5, 5.41) is 0. The normalized spacial score (nSPS) is 15.7. The van der Waals surface area contributed by atoms with Crippen molar-refractivity contribution < 1.29 is 9.53 Å². The Morgan fingerprint density at radius 3 is 2.68 bits per heavy atom. The first-order valence-electron chi connectivity index (χ1n) is 6.79. The van der Waals surface area contributed by atoms with E-state index in [4.69, 9.17) is 4.74 Å². The highest BCUT2D eigenvalue weighted by Crippen LogP contribution is 2.43.